The van der Waals surface area contributed by atoms with Crippen molar-refractivity contribution >= 4 is 40.2 Å². The lowest BCUT2D eigenvalue weighted by Gasteiger charge is -2.16. The molecule has 0 fully saturated rings. The van der Waals surface area contributed by atoms with Gasteiger partial charge in [-0.15, -0.1) is 11.6 Å². The van der Waals surface area contributed by atoms with Gasteiger partial charge in [0.15, 0.2) is 11.2 Å². The Balaban J connectivity index is 0.000000258. The van der Waals surface area contributed by atoms with E-state index in [1.807, 2.05) is 0 Å². The number of nitrogens with one attached hydrogen (secondary N) is 1. The predicted octanol–water partition coefficient (Wildman–Crippen LogP) is 4.40. The molecule has 10 heteroatoms. The zero-order valence-corrected chi connectivity index (χ0v) is 22.0. The smallest absolute Gasteiger partial charge is 0.336 e. The lowest BCUT2D eigenvalue weighted by molar-refractivity contribution is -0.125. The Morgan fingerprint density at radius 2 is 1.77 bits per heavy atom. The molecule has 5 N–H and O–H groups in total. The highest BCUT2D eigenvalue weighted by atomic mass is 35.5. The van der Waals surface area contributed by atoms with Crippen LogP contribution in [0.2, 0.25) is 0 Å². The van der Waals surface area contributed by atoms with Crippen LogP contribution in [0.5, 0.6) is 5.75 Å². The molecule has 9 nitrogen and oxygen atoms in total. The van der Waals surface area contributed by atoms with Gasteiger partial charge in [0.2, 0.25) is 5.91 Å². The van der Waals surface area contributed by atoms with E-state index in [0.29, 0.717) is 46.4 Å². The fourth-order valence-corrected chi connectivity index (χ4v) is 4.37. The third kappa shape index (κ3) is 7.43. The maximum Gasteiger partial charge on any atom is 0.336 e. The summed E-state index contributed by atoms with van der Waals surface area (Å²) in [6.07, 6.45) is 2.29. The van der Waals surface area contributed by atoms with Crippen LogP contribution in [0.3, 0.4) is 0 Å². The number of rotatable bonds is 9. The first-order valence-electron chi connectivity index (χ1n) is 12.2. The number of unbranched alkanes of at least 4 members (excludes halogenated alkanes) is 1. The average molecular weight is 553 g/mol. The average Bonchev–Trinajstić information content (AvgIpc) is 2.90. The van der Waals surface area contributed by atoms with Crippen molar-refractivity contribution < 1.29 is 29.0 Å². The van der Waals surface area contributed by atoms with Gasteiger partial charge in [-0.3, -0.25) is 14.4 Å². The molecule has 1 atom stereocenters. The van der Waals surface area contributed by atoms with Crippen molar-refractivity contribution in [1.82, 2.24) is 5.32 Å². The highest BCUT2D eigenvalue weighted by molar-refractivity contribution is 6.28. The van der Waals surface area contributed by atoms with Crippen LogP contribution in [0.25, 0.3) is 33.4 Å². The van der Waals surface area contributed by atoms with Gasteiger partial charge < -0.3 is 25.7 Å². The molecule has 0 spiro atoms. The topological polar surface area (TPSA) is 160 Å². The first-order valence-corrected chi connectivity index (χ1v) is 12.8. The summed E-state index contributed by atoms with van der Waals surface area (Å²) in [4.78, 5) is 45.4. The van der Waals surface area contributed by atoms with Gasteiger partial charge in [0.25, 0.3) is 0 Å². The number of carbonyl (C=O) groups excluding carboxylic acids is 2. The van der Waals surface area contributed by atoms with E-state index in [0.717, 1.165) is 12.8 Å². The number of alkyl halides is 1. The number of hydrogen-bond donors (Lipinski definition) is 4. The summed E-state index contributed by atoms with van der Waals surface area (Å²) < 4.78 is 5.76. The van der Waals surface area contributed by atoms with Gasteiger partial charge >= 0.3 is 5.97 Å². The van der Waals surface area contributed by atoms with Crippen LogP contribution in [-0.2, 0) is 9.59 Å². The van der Waals surface area contributed by atoms with Crippen molar-refractivity contribution in [3.05, 3.63) is 76.5 Å². The molecule has 1 aliphatic carbocycles. The number of aromatic carboxylic acids is 1. The van der Waals surface area contributed by atoms with E-state index < -0.39 is 12.0 Å². The number of Topliss-reactive ketones (excluding diaryl/α,β-unsaturated/α-hetero) is 1. The zero-order chi connectivity index (χ0) is 28.5. The molecule has 0 bridgehead atoms. The molecule has 0 aromatic heterocycles. The molecule has 204 valence electrons. The first-order chi connectivity index (χ1) is 18.7. The summed E-state index contributed by atoms with van der Waals surface area (Å²) in [6.45, 7) is 1.99. The molecule has 0 saturated heterocycles. The predicted molar refractivity (Wildman–Crippen MR) is 149 cm³/mol. The number of ketones is 1. The van der Waals surface area contributed by atoms with E-state index in [1.165, 1.54) is 37.3 Å². The van der Waals surface area contributed by atoms with Gasteiger partial charge in [-0.1, -0.05) is 18.2 Å². The van der Waals surface area contributed by atoms with Crippen LogP contribution in [-0.4, -0.2) is 46.3 Å². The van der Waals surface area contributed by atoms with Crippen LogP contribution < -0.4 is 16.5 Å². The van der Waals surface area contributed by atoms with Gasteiger partial charge in [-0.05, 0) is 61.7 Å². The third-order valence-corrected chi connectivity index (χ3v) is 6.21. The SMILES string of the molecule is CC(=O)NC(CCCCN)C(=O)CCl.O=C(O)c1ccccc1-c1c2ccc(=O)cc-2oc2cc(O)ccc12. The molecule has 1 unspecified atom stereocenters. The van der Waals surface area contributed by atoms with E-state index in [4.69, 9.17) is 21.8 Å². The fourth-order valence-electron chi connectivity index (χ4n) is 4.18. The number of carboxylic acid groups (broad SMARTS) is 1. The molecule has 2 aromatic rings. The molecule has 39 heavy (non-hydrogen) atoms. The minimum atomic E-state index is -1.04. The first kappa shape index (κ1) is 29.3. The second-order valence-electron chi connectivity index (χ2n) is 8.80. The van der Waals surface area contributed by atoms with Gasteiger partial charge in [0.05, 0.1) is 17.5 Å². The van der Waals surface area contributed by atoms with Crippen LogP contribution >= 0.6 is 11.6 Å². The number of aromatic hydroxyl groups is 1. The number of halogens is 1. The number of amides is 1. The third-order valence-electron chi connectivity index (χ3n) is 5.95. The summed E-state index contributed by atoms with van der Waals surface area (Å²) >= 11 is 5.42. The largest absolute Gasteiger partial charge is 0.508 e. The fraction of sp³-hybridized carbons (Fsp3) is 0.241. The summed E-state index contributed by atoms with van der Waals surface area (Å²) in [7, 11) is 0. The second kappa shape index (κ2) is 13.5. The highest BCUT2D eigenvalue weighted by Gasteiger charge is 2.21. The van der Waals surface area contributed by atoms with E-state index in [-0.39, 0.29) is 34.3 Å². The summed E-state index contributed by atoms with van der Waals surface area (Å²) in [5.41, 5.74) is 7.43. The normalized spacial score (nSPS) is 11.5. The molecule has 2 aromatic carbocycles. The Morgan fingerprint density at radius 3 is 2.44 bits per heavy atom. The summed E-state index contributed by atoms with van der Waals surface area (Å²) in [6, 6.07) is 15.2. The number of nitrogens with two attached hydrogens (primary N) is 1. The quantitative estimate of drug-likeness (QED) is 0.135. The maximum atomic E-state index is 11.7. The minimum Gasteiger partial charge on any atom is -0.508 e. The molecule has 2 aliphatic rings. The standard InChI is InChI=1S/C20H12O5.C9H17ClN2O2/c21-11-5-7-15-17(9-11)25-18-10-12(22)6-8-16(18)19(15)13-3-1-2-4-14(13)20(23)24;1-7(13)12-8(9(14)6-10)4-2-3-5-11/h1-10,21H,(H,23,24);8H,2-6,11H2,1H3,(H,12,13). The number of hydrogen-bond acceptors (Lipinski definition) is 7. The summed E-state index contributed by atoms with van der Waals surface area (Å²) in [5, 5.41) is 22.5. The number of carboxylic acids is 1. The van der Waals surface area contributed by atoms with Crippen molar-refractivity contribution in [3.8, 4) is 28.2 Å². The zero-order valence-electron chi connectivity index (χ0n) is 21.3. The number of fused-ring (bicyclic) bond motifs is 2. The van der Waals surface area contributed by atoms with Crippen LogP contribution in [0, 0.1) is 0 Å². The Bertz CT molecular complexity index is 1520. The van der Waals surface area contributed by atoms with Crippen molar-refractivity contribution in [1.29, 1.82) is 0 Å². The highest BCUT2D eigenvalue weighted by Crippen LogP contribution is 2.41. The Labute approximate surface area is 229 Å². The maximum absolute atomic E-state index is 11.7. The van der Waals surface area contributed by atoms with Crippen LogP contribution in [0.4, 0.5) is 0 Å². The lowest BCUT2D eigenvalue weighted by Crippen LogP contribution is -2.40. The van der Waals surface area contributed by atoms with Crippen LogP contribution in [0.1, 0.15) is 36.5 Å². The summed E-state index contributed by atoms with van der Waals surface area (Å²) in [5.74, 6) is -1.10. The lowest BCUT2D eigenvalue weighted by atomic mass is 9.91. The van der Waals surface area contributed by atoms with E-state index >= 15 is 0 Å². The number of phenolic OH excluding ortho intramolecular Hbond substituents is 1. The van der Waals surface area contributed by atoms with Crippen molar-refractivity contribution in [3.63, 3.8) is 0 Å². The molecule has 1 heterocycles. The monoisotopic (exact) mass is 552 g/mol. The number of carbonyl (C=O) groups is 3. The van der Waals surface area contributed by atoms with E-state index in [1.54, 1.807) is 30.3 Å². The van der Waals surface area contributed by atoms with Crippen molar-refractivity contribution in [2.75, 3.05) is 12.4 Å². The molecular weight excluding hydrogens is 524 g/mol. The van der Waals surface area contributed by atoms with Crippen molar-refractivity contribution in [2.45, 2.75) is 32.2 Å². The Morgan fingerprint density at radius 1 is 1.03 bits per heavy atom. The van der Waals surface area contributed by atoms with Gasteiger partial charge in [-0.25, -0.2) is 4.79 Å². The molecule has 1 aliphatic heterocycles. The number of benzene rings is 3. The van der Waals surface area contributed by atoms with Gasteiger partial charge in [0.1, 0.15) is 17.1 Å². The molecule has 0 radical (unpaired) electrons. The molecule has 0 saturated carbocycles. The van der Waals surface area contributed by atoms with E-state index in [9.17, 15) is 29.4 Å². The van der Waals surface area contributed by atoms with Gasteiger partial charge in [0, 0.05) is 35.6 Å². The molecular formula is C29H29ClN2O7. The van der Waals surface area contributed by atoms with Gasteiger partial charge in [-0.2, -0.15) is 0 Å². The Kier molecular flexibility index (Phi) is 10.2. The molecule has 4 rings (SSSR count). The molecule has 1 amide bonds. The van der Waals surface area contributed by atoms with Crippen LogP contribution in [0.15, 0.2) is 69.9 Å². The minimum absolute atomic E-state index is 0.0198. The number of phenols is 1. The Hall–Kier alpha value is -4.21. The van der Waals surface area contributed by atoms with Crippen molar-refractivity contribution in [2.24, 2.45) is 5.73 Å². The van der Waals surface area contributed by atoms with E-state index in [2.05, 4.69) is 5.32 Å². The second-order valence-corrected chi connectivity index (χ2v) is 9.07.